The minimum Gasteiger partial charge on any atom is -0.379 e. The van der Waals surface area contributed by atoms with Gasteiger partial charge in [0, 0.05) is 23.7 Å². The Bertz CT molecular complexity index is 1290. The van der Waals surface area contributed by atoms with Gasteiger partial charge in [-0.25, -0.2) is 4.98 Å². The van der Waals surface area contributed by atoms with Crippen LogP contribution in [0.15, 0.2) is 63.0 Å². The van der Waals surface area contributed by atoms with E-state index in [0.717, 1.165) is 5.56 Å². The summed E-state index contributed by atoms with van der Waals surface area (Å²) in [4.78, 5) is 22.6. The molecule has 33 heavy (non-hydrogen) atoms. The maximum Gasteiger partial charge on any atom is 0.262 e. The lowest BCUT2D eigenvalue weighted by atomic mass is 10.2. The fourth-order valence-electron chi connectivity index (χ4n) is 3.32. The lowest BCUT2D eigenvalue weighted by molar-refractivity contribution is 0.0743. The summed E-state index contributed by atoms with van der Waals surface area (Å²) in [6.07, 6.45) is 0.836. The van der Waals surface area contributed by atoms with Crippen LogP contribution in [0.5, 0.6) is 0 Å². The van der Waals surface area contributed by atoms with Gasteiger partial charge in [0.1, 0.15) is 0 Å². The molecule has 2 aromatic heterocycles. The standard InChI is InChI=1S/C24H25ClN4O3S/c1-15(2)31-13-7-12-29-23(30)19-11-10-18(25)14-20(19)26-24(29)33-16(3)22-27-21(28-32-22)17-8-5-4-6-9-17/h4-6,8-11,14-16H,7,12-13H2,1-3H3. The molecule has 0 aliphatic heterocycles. The van der Waals surface area contributed by atoms with E-state index < -0.39 is 0 Å². The molecule has 0 spiro atoms. The van der Waals surface area contributed by atoms with Gasteiger partial charge in [-0.05, 0) is 45.4 Å². The zero-order valence-corrected chi connectivity index (χ0v) is 20.3. The third kappa shape index (κ3) is 5.63. The van der Waals surface area contributed by atoms with E-state index in [4.69, 9.17) is 25.8 Å². The normalized spacial score (nSPS) is 12.5. The van der Waals surface area contributed by atoms with Gasteiger partial charge in [0.25, 0.3) is 5.56 Å². The van der Waals surface area contributed by atoms with Crippen molar-refractivity contribution in [1.29, 1.82) is 0 Å². The Morgan fingerprint density at radius 2 is 1.91 bits per heavy atom. The van der Waals surface area contributed by atoms with Gasteiger partial charge in [0.05, 0.1) is 22.3 Å². The van der Waals surface area contributed by atoms with Crippen LogP contribution in [0.4, 0.5) is 0 Å². The second kappa shape index (κ2) is 10.5. The molecule has 4 aromatic rings. The number of hydrogen-bond donors (Lipinski definition) is 0. The van der Waals surface area contributed by atoms with E-state index in [1.54, 1.807) is 22.8 Å². The number of benzene rings is 2. The average molecular weight is 485 g/mol. The number of thioether (sulfide) groups is 1. The number of nitrogens with zero attached hydrogens (tertiary/aromatic N) is 4. The predicted octanol–water partition coefficient (Wildman–Crippen LogP) is 5.77. The van der Waals surface area contributed by atoms with Gasteiger partial charge in [0.2, 0.25) is 11.7 Å². The molecular weight excluding hydrogens is 460 g/mol. The lowest BCUT2D eigenvalue weighted by Crippen LogP contribution is -2.24. The van der Waals surface area contributed by atoms with E-state index in [1.165, 1.54) is 11.8 Å². The first-order valence-electron chi connectivity index (χ1n) is 10.8. The van der Waals surface area contributed by atoms with Crippen LogP contribution in [0.1, 0.15) is 38.3 Å². The van der Waals surface area contributed by atoms with Crippen LogP contribution in [0, 0.1) is 0 Å². The van der Waals surface area contributed by atoms with Gasteiger partial charge in [-0.3, -0.25) is 9.36 Å². The van der Waals surface area contributed by atoms with Gasteiger partial charge >= 0.3 is 0 Å². The number of ether oxygens (including phenoxy) is 1. The van der Waals surface area contributed by atoms with Crippen LogP contribution in [0.25, 0.3) is 22.3 Å². The van der Waals surface area contributed by atoms with Gasteiger partial charge in [-0.1, -0.05) is 58.9 Å². The fourth-order valence-corrected chi connectivity index (χ4v) is 4.45. The van der Waals surface area contributed by atoms with Crippen molar-refractivity contribution in [3.8, 4) is 11.4 Å². The van der Waals surface area contributed by atoms with Crippen molar-refractivity contribution in [1.82, 2.24) is 19.7 Å². The van der Waals surface area contributed by atoms with E-state index in [9.17, 15) is 4.79 Å². The number of halogens is 1. The molecule has 0 aliphatic rings. The number of hydrogen-bond acceptors (Lipinski definition) is 7. The second-order valence-corrected chi connectivity index (χ2v) is 9.61. The van der Waals surface area contributed by atoms with Crippen molar-refractivity contribution in [2.75, 3.05) is 6.61 Å². The molecule has 2 aromatic carbocycles. The minimum atomic E-state index is -0.211. The number of aromatic nitrogens is 4. The zero-order chi connectivity index (χ0) is 23.4. The predicted molar refractivity (Wildman–Crippen MR) is 131 cm³/mol. The molecule has 0 amide bonds. The highest BCUT2D eigenvalue weighted by molar-refractivity contribution is 7.99. The fraction of sp³-hybridized carbons (Fsp3) is 0.333. The van der Waals surface area contributed by atoms with E-state index in [2.05, 4.69) is 10.1 Å². The van der Waals surface area contributed by atoms with Gasteiger partial charge in [-0.15, -0.1) is 0 Å². The maximum atomic E-state index is 13.3. The van der Waals surface area contributed by atoms with Crippen LogP contribution in [-0.4, -0.2) is 32.4 Å². The second-order valence-electron chi connectivity index (χ2n) is 7.87. The summed E-state index contributed by atoms with van der Waals surface area (Å²) >= 11 is 7.56. The smallest absolute Gasteiger partial charge is 0.262 e. The molecule has 7 nitrogen and oxygen atoms in total. The largest absolute Gasteiger partial charge is 0.379 e. The molecule has 0 aliphatic carbocycles. The van der Waals surface area contributed by atoms with Crippen molar-refractivity contribution in [2.45, 2.75) is 50.2 Å². The molecule has 4 rings (SSSR count). The van der Waals surface area contributed by atoms with Gasteiger partial charge in [0.15, 0.2) is 5.16 Å². The summed E-state index contributed by atoms with van der Waals surface area (Å²) in [5.74, 6) is 0.994. The number of fused-ring (bicyclic) bond motifs is 1. The van der Waals surface area contributed by atoms with E-state index in [0.29, 0.717) is 52.4 Å². The Kier molecular flexibility index (Phi) is 7.47. The van der Waals surface area contributed by atoms with Crippen LogP contribution in [0.2, 0.25) is 5.02 Å². The molecule has 0 saturated carbocycles. The van der Waals surface area contributed by atoms with Crippen LogP contribution < -0.4 is 5.56 Å². The first kappa shape index (κ1) is 23.5. The molecule has 0 radical (unpaired) electrons. The third-order valence-electron chi connectivity index (χ3n) is 4.96. The van der Waals surface area contributed by atoms with Crippen LogP contribution in [-0.2, 0) is 11.3 Å². The molecule has 172 valence electrons. The molecule has 1 atom stereocenters. The summed E-state index contributed by atoms with van der Waals surface area (Å²) in [6.45, 7) is 6.99. The topological polar surface area (TPSA) is 83.0 Å². The quantitative estimate of drug-likeness (QED) is 0.169. The Labute approximate surface area is 201 Å². The molecule has 0 bridgehead atoms. The molecule has 0 N–H and O–H groups in total. The summed E-state index contributed by atoms with van der Waals surface area (Å²) in [6, 6.07) is 14.8. The lowest BCUT2D eigenvalue weighted by Gasteiger charge is -2.15. The summed E-state index contributed by atoms with van der Waals surface area (Å²) in [7, 11) is 0. The van der Waals surface area contributed by atoms with Crippen LogP contribution in [0.3, 0.4) is 0 Å². The molecule has 9 heteroatoms. The van der Waals surface area contributed by atoms with Crippen molar-refractivity contribution >= 4 is 34.3 Å². The minimum absolute atomic E-state index is 0.105. The van der Waals surface area contributed by atoms with Gasteiger partial charge in [-0.2, -0.15) is 4.98 Å². The van der Waals surface area contributed by atoms with Crippen molar-refractivity contribution < 1.29 is 9.26 Å². The monoisotopic (exact) mass is 484 g/mol. The summed E-state index contributed by atoms with van der Waals surface area (Å²) < 4.78 is 12.9. The zero-order valence-electron chi connectivity index (χ0n) is 18.7. The first-order valence-corrected chi connectivity index (χ1v) is 12.1. The molecule has 0 fully saturated rings. The van der Waals surface area contributed by atoms with Crippen molar-refractivity contribution in [3.05, 3.63) is 69.8 Å². The van der Waals surface area contributed by atoms with Crippen LogP contribution >= 0.6 is 23.4 Å². The molecular formula is C24H25ClN4O3S. The van der Waals surface area contributed by atoms with Gasteiger partial charge < -0.3 is 9.26 Å². The molecule has 1 unspecified atom stereocenters. The molecule has 2 heterocycles. The van der Waals surface area contributed by atoms with E-state index >= 15 is 0 Å². The van der Waals surface area contributed by atoms with Crippen molar-refractivity contribution in [2.24, 2.45) is 0 Å². The SMILES string of the molecule is CC(C)OCCCn1c(SC(C)c2nc(-c3ccccc3)no2)nc2cc(Cl)ccc2c1=O. The third-order valence-corrected chi connectivity index (χ3v) is 6.28. The highest BCUT2D eigenvalue weighted by Crippen LogP contribution is 2.34. The Morgan fingerprint density at radius 3 is 2.67 bits per heavy atom. The Hall–Kier alpha value is -2.68. The Balaban J connectivity index is 1.63. The average Bonchev–Trinajstić information content (AvgIpc) is 3.29. The summed E-state index contributed by atoms with van der Waals surface area (Å²) in [5, 5.41) is 5.54. The van der Waals surface area contributed by atoms with Crippen molar-refractivity contribution in [3.63, 3.8) is 0 Å². The highest BCUT2D eigenvalue weighted by Gasteiger charge is 2.20. The maximum absolute atomic E-state index is 13.3. The van der Waals surface area contributed by atoms with E-state index in [1.807, 2.05) is 51.1 Å². The first-order chi connectivity index (χ1) is 15.9. The molecule has 0 saturated heterocycles. The van der Waals surface area contributed by atoms with E-state index in [-0.39, 0.29) is 16.9 Å². The number of rotatable bonds is 9. The Morgan fingerprint density at radius 1 is 1.12 bits per heavy atom. The highest BCUT2D eigenvalue weighted by atomic mass is 35.5. The summed E-state index contributed by atoms with van der Waals surface area (Å²) in [5.41, 5.74) is 1.34.